The van der Waals surface area contributed by atoms with E-state index in [-0.39, 0.29) is 0 Å². The van der Waals surface area contributed by atoms with Crippen molar-refractivity contribution in [1.29, 1.82) is 0 Å². The van der Waals surface area contributed by atoms with Crippen LogP contribution in [0.3, 0.4) is 0 Å². The topological polar surface area (TPSA) is 21.7 Å². The van der Waals surface area contributed by atoms with Crippen molar-refractivity contribution in [2.75, 3.05) is 43.7 Å². The Hall–Kier alpha value is -0.930. The van der Waals surface area contributed by atoms with Gasteiger partial charge in [-0.15, -0.1) is 11.6 Å². The normalized spacial score (nSPS) is 15.0. The first kappa shape index (κ1) is 12.5. The number of rotatable bonds is 5. The second-order valence-corrected chi connectivity index (χ2v) is 4.34. The minimum absolute atomic E-state index is 0.555. The molecule has 0 atom stereocenters. The molecule has 94 valence electrons. The van der Waals surface area contributed by atoms with Crippen LogP contribution in [0.5, 0.6) is 5.75 Å². The first-order valence-corrected chi connectivity index (χ1v) is 6.56. The molecule has 0 bridgehead atoms. The third kappa shape index (κ3) is 3.51. The zero-order valence-corrected chi connectivity index (χ0v) is 10.7. The van der Waals surface area contributed by atoms with Crippen LogP contribution >= 0.6 is 11.6 Å². The van der Waals surface area contributed by atoms with Crippen LogP contribution in [0.2, 0.25) is 0 Å². The average molecular weight is 256 g/mol. The van der Waals surface area contributed by atoms with Crippen molar-refractivity contribution in [3.8, 4) is 5.75 Å². The minimum Gasteiger partial charge on any atom is -0.491 e. The van der Waals surface area contributed by atoms with Crippen LogP contribution in [0.15, 0.2) is 24.3 Å². The molecule has 0 saturated carbocycles. The summed E-state index contributed by atoms with van der Waals surface area (Å²) in [5, 5.41) is 0. The van der Waals surface area contributed by atoms with Crippen LogP contribution in [-0.4, -0.2) is 38.8 Å². The number of alkyl halides is 1. The molecule has 4 heteroatoms. The first-order valence-electron chi connectivity index (χ1n) is 6.02. The molecule has 0 unspecified atom stereocenters. The van der Waals surface area contributed by atoms with Crippen LogP contribution in [0.1, 0.15) is 6.42 Å². The van der Waals surface area contributed by atoms with Gasteiger partial charge in [0.05, 0.1) is 25.5 Å². The molecule has 0 aromatic heterocycles. The summed E-state index contributed by atoms with van der Waals surface area (Å²) in [6.45, 7) is 4.02. The quantitative estimate of drug-likeness (QED) is 0.596. The molecule has 1 aromatic carbocycles. The van der Waals surface area contributed by atoms with Crippen molar-refractivity contribution < 1.29 is 9.47 Å². The summed E-state index contributed by atoms with van der Waals surface area (Å²) in [6.07, 6.45) is 1.05. The number of ether oxygens (including phenoxy) is 2. The molecule has 1 aliphatic heterocycles. The number of hydrogen-bond acceptors (Lipinski definition) is 3. The average Bonchev–Trinajstić information content (AvgIpc) is 2.57. The second-order valence-electron chi connectivity index (χ2n) is 3.96. The highest BCUT2D eigenvalue weighted by atomic mass is 35.5. The number of hydrogen-bond donors (Lipinski definition) is 0. The Morgan fingerprint density at radius 2 is 2.18 bits per heavy atom. The van der Waals surface area contributed by atoms with E-state index in [2.05, 4.69) is 11.0 Å². The molecule has 3 nitrogen and oxygen atoms in total. The molecular weight excluding hydrogens is 238 g/mol. The van der Waals surface area contributed by atoms with E-state index in [0.717, 1.165) is 31.9 Å². The minimum atomic E-state index is 0.555. The highest BCUT2D eigenvalue weighted by Gasteiger charge is 2.14. The van der Waals surface area contributed by atoms with Gasteiger partial charge in [0, 0.05) is 19.0 Å². The van der Waals surface area contributed by atoms with E-state index in [9.17, 15) is 0 Å². The zero-order chi connectivity index (χ0) is 11.9. The maximum absolute atomic E-state index is 5.70. The molecule has 17 heavy (non-hydrogen) atoms. The first-order chi connectivity index (χ1) is 8.42. The van der Waals surface area contributed by atoms with Gasteiger partial charge in [0.2, 0.25) is 0 Å². The van der Waals surface area contributed by atoms with Crippen molar-refractivity contribution in [2.24, 2.45) is 0 Å². The fourth-order valence-electron chi connectivity index (χ4n) is 1.96. The van der Waals surface area contributed by atoms with E-state index in [1.165, 1.54) is 5.69 Å². The van der Waals surface area contributed by atoms with Gasteiger partial charge < -0.3 is 14.4 Å². The Kier molecular flexibility index (Phi) is 4.95. The van der Waals surface area contributed by atoms with Gasteiger partial charge in [0.25, 0.3) is 0 Å². The lowest BCUT2D eigenvalue weighted by Crippen LogP contribution is -2.28. The predicted octanol–water partition coefficient (Wildman–Crippen LogP) is 2.53. The Balaban J connectivity index is 1.97. The van der Waals surface area contributed by atoms with Gasteiger partial charge in [-0.1, -0.05) is 12.1 Å². The molecule has 1 aliphatic rings. The summed E-state index contributed by atoms with van der Waals surface area (Å²) in [6, 6.07) is 8.17. The van der Waals surface area contributed by atoms with Gasteiger partial charge in [-0.25, -0.2) is 0 Å². The molecule has 0 spiro atoms. The maximum atomic E-state index is 5.70. The van der Waals surface area contributed by atoms with Crippen molar-refractivity contribution in [2.45, 2.75) is 6.42 Å². The Morgan fingerprint density at radius 3 is 3.06 bits per heavy atom. The fourth-order valence-corrected chi connectivity index (χ4v) is 2.07. The third-order valence-electron chi connectivity index (χ3n) is 2.76. The highest BCUT2D eigenvalue weighted by Crippen LogP contribution is 2.29. The van der Waals surface area contributed by atoms with Crippen LogP contribution in [0, 0.1) is 0 Å². The van der Waals surface area contributed by atoms with Gasteiger partial charge in [0.1, 0.15) is 5.75 Å². The number of fused-ring (bicyclic) bond motifs is 1. The van der Waals surface area contributed by atoms with Crippen LogP contribution < -0.4 is 9.64 Å². The summed E-state index contributed by atoms with van der Waals surface area (Å²) in [4.78, 5) is 2.32. The summed E-state index contributed by atoms with van der Waals surface area (Å²) in [5.41, 5.74) is 1.17. The van der Waals surface area contributed by atoms with Crippen molar-refractivity contribution in [1.82, 2.24) is 0 Å². The number of para-hydroxylation sites is 2. The summed E-state index contributed by atoms with van der Waals surface area (Å²) in [5.74, 6) is 1.53. The predicted molar refractivity (Wildman–Crippen MR) is 70.3 cm³/mol. The zero-order valence-electron chi connectivity index (χ0n) is 9.90. The van der Waals surface area contributed by atoms with Crippen LogP contribution in [0.4, 0.5) is 5.69 Å². The Bertz CT molecular complexity index is 346. The van der Waals surface area contributed by atoms with E-state index < -0.39 is 0 Å². The second kappa shape index (κ2) is 6.72. The molecule has 1 heterocycles. The van der Waals surface area contributed by atoms with Crippen molar-refractivity contribution >= 4 is 17.3 Å². The Morgan fingerprint density at radius 1 is 1.29 bits per heavy atom. The van der Waals surface area contributed by atoms with E-state index >= 15 is 0 Å². The van der Waals surface area contributed by atoms with Gasteiger partial charge in [-0.2, -0.15) is 0 Å². The largest absolute Gasteiger partial charge is 0.491 e. The van der Waals surface area contributed by atoms with Gasteiger partial charge in [-0.05, 0) is 18.6 Å². The Labute approximate surface area is 107 Å². The highest BCUT2D eigenvalue weighted by molar-refractivity contribution is 6.17. The lowest BCUT2D eigenvalue weighted by Gasteiger charge is -2.23. The summed E-state index contributed by atoms with van der Waals surface area (Å²) >= 11 is 5.57. The number of nitrogens with zero attached hydrogens (tertiary/aromatic N) is 1. The monoisotopic (exact) mass is 255 g/mol. The van der Waals surface area contributed by atoms with E-state index in [0.29, 0.717) is 19.1 Å². The number of anilines is 1. The van der Waals surface area contributed by atoms with E-state index in [4.69, 9.17) is 21.1 Å². The van der Waals surface area contributed by atoms with Crippen molar-refractivity contribution in [3.63, 3.8) is 0 Å². The molecule has 0 radical (unpaired) electrons. The molecular formula is C13H18ClNO2. The molecule has 2 rings (SSSR count). The number of benzene rings is 1. The summed E-state index contributed by atoms with van der Waals surface area (Å²) < 4.78 is 11.1. The standard InChI is InChI=1S/C13H18ClNO2/c14-6-10-16-11-8-15-7-3-9-17-13-5-2-1-4-12(13)15/h1-2,4-5H,3,6-11H2. The van der Waals surface area contributed by atoms with Crippen molar-refractivity contribution in [3.05, 3.63) is 24.3 Å². The van der Waals surface area contributed by atoms with Crippen LogP contribution in [-0.2, 0) is 4.74 Å². The molecule has 0 aliphatic carbocycles. The molecule has 0 saturated heterocycles. The van der Waals surface area contributed by atoms with Gasteiger partial charge >= 0.3 is 0 Å². The van der Waals surface area contributed by atoms with E-state index in [1.807, 2.05) is 18.2 Å². The SMILES string of the molecule is ClCCOCCN1CCCOc2ccccc21. The molecule has 0 amide bonds. The molecule has 0 fully saturated rings. The smallest absolute Gasteiger partial charge is 0.142 e. The van der Waals surface area contributed by atoms with E-state index in [1.54, 1.807) is 0 Å². The summed E-state index contributed by atoms with van der Waals surface area (Å²) in [7, 11) is 0. The van der Waals surface area contributed by atoms with Gasteiger partial charge in [0.15, 0.2) is 0 Å². The molecule has 0 N–H and O–H groups in total. The van der Waals surface area contributed by atoms with Crippen LogP contribution in [0.25, 0.3) is 0 Å². The maximum Gasteiger partial charge on any atom is 0.142 e. The molecule has 1 aromatic rings. The number of halogens is 1. The fraction of sp³-hybridized carbons (Fsp3) is 0.538. The van der Waals surface area contributed by atoms with Gasteiger partial charge in [-0.3, -0.25) is 0 Å². The third-order valence-corrected chi connectivity index (χ3v) is 2.92. The lowest BCUT2D eigenvalue weighted by molar-refractivity contribution is 0.155. The lowest BCUT2D eigenvalue weighted by atomic mass is 10.2.